The Morgan fingerprint density at radius 2 is 1.92 bits per heavy atom. The largest absolute Gasteiger partial charge is 0.192 e. The minimum absolute atomic E-state index is 0.643. The number of alkyl halides is 1. The summed E-state index contributed by atoms with van der Waals surface area (Å²) in [6, 6.07) is 9.47. The highest BCUT2D eigenvalue weighted by atomic mass is 79.9. The zero-order valence-electron chi connectivity index (χ0n) is 7.05. The molecule has 13 heavy (non-hydrogen) atoms. The molecular formula is C11H8BrN. The predicted molar refractivity (Wildman–Crippen MR) is 56.4 cm³/mol. The van der Waals surface area contributed by atoms with Gasteiger partial charge in [-0.1, -0.05) is 39.9 Å². The SMILES string of the molecule is N#Cc1ccccc1C#CCCBr. The number of benzene rings is 1. The van der Waals surface area contributed by atoms with E-state index in [9.17, 15) is 0 Å². The van der Waals surface area contributed by atoms with Crippen molar-refractivity contribution in [2.75, 3.05) is 5.33 Å². The minimum Gasteiger partial charge on any atom is -0.192 e. The van der Waals surface area contributed by atoms with Crippen molar-refractivity contribution < 1.29 is 0 Å². The monoisotopic (exact) mass is 233 g/mol. The normalized spacial score (nSPS) is 8.31. The van der Waals surface area contributed by atoms with E-state index < -0.39 is 0 Å². The molecule has 0 saturated carbocycles. The second-order valence-corrected chi connectivity index (χ2v) is 3.19. The molecule has 0 aliphatic heterocycles. The van der Waals surface area contributed by atoms with E-state index in [-0.39, 0.29) is 0 Å². The fourth-order valence-corrected chi connectivity index (χ4v) is 1.09. The standard InChI is InChI=1S/C11H8BrN/c12-8-4-3-6-10-5-1-2-7-11(10)9-13/h1-2,5,7H,4,8H2. The summed E-state index contributed by atoms with van der Waals surface area (Å²) in [5, 5.41) is 9.62. The maximum Gasteiger partial charge on any atom is 0.100 e. The average Bonchev–Trinajstić information content (AvgIpc) is 2.19. The summed E-state index contributed by atoms with van der Waals surface area (Å²) >= 11 is 3.29. The van der Waals surface area contributed by atoms with Crippen LogP contribution in [0.4, 0.5) is 0 Å². The Labute approximate surface area is 86.5 Å². The molecule has 0 bridgehead atoms. The van der Waals surface area contributed by atoms with E-state index in [0.717, 1.165) is 17.3 Å². The highest BCUT2D eigenvalue weighted by molar-refractivity contribution is 9.09. The van der Waals surface area contributed by atoms with Gasteiger partial charge in [-0.15, -0.1) is 0 Å². The Balaban J connectivity index is 2.91. The molecule has 0 atom stereocenters. The Morgan fingerprint density at radius 1 is 1.23 bits per heavy atom. The van der Waals surface area contributed by atoms with Gasteiger partial charge in [-0.3, -0.25) is 0 Å². The van der Waals surface area contributed by atoms with Gasteiger partial charge in [0.25, 0.3) is 0 Å². The van der Waals surface area contributed by atoms with Gasteiger partial charge in [0.15, 0.2) is 0 Å². The molecule has 0 aliphatic rings. The van der Waals surface area contributed by atoms with E-state index in [1.54, 1.807) is 6.07 Å². The lowest BCUT2D eigenvalue weighted by Crippen LogP contribution is -1.81. The summed E-state index contributed by atoms with van der Waals surface area (Å²) in [5.41, 5.74) is 1.45. The third-order valence-corrected chi connectivity index (χ3v) is 1.89. The van der Waals surface area contributed by atoms with Crippen LogP contribution in [0.5, 0.6) is 0 Å². The molecule has 0 radical (unpaired) electrons. The van der Waals surface area contributed by atoms with Crippen molar-refractivity contribution in [3.8, 4) is 17.9 Å². The number of nitrogens with zero attached hydrogens (tertiary/aromatic N) is 1. The van der Waals surface area contributed by atoms with Crippen molar-refractivity contribution in [3.05, 3.63) is 35.4 Å². The van der Waals surface area contributed by atoms with Crippen molar-refractivity contribution in [2.24, 2.45) is 0 Å². The molecule has 0 heterocycles. The molecular weight excluding hydrogens is 226 g/mol. The van der Waals surface area contributed by atoms with Gasteiger partial charge >= 0.3 is 0 Å². The van der Waals surface area contributed by atoms with Crippen LogP contribution in [0, 0.1) is 23.2 Å². The zero-order valence-corrected chi connectivity index (χ0v) is 8.63. The molecule has 0 unspecified atom stereocenters. The van der Waals surface area contributed by atoms with Crippen LogP contribution >= 0.6 is 15.9 Å². The zero-order chi connectivity index (χ0) is 9.52. The number of nitriles is 1. The maximum absolute atomic E-state index is 8.75. The highest BCUT2D eigenvalue weighted by Crippen LogP contribution is 2.04. The molecule has 2 heteroatoms. The summed E-state index contributed by atoms with van der Waals surface area (Å²) < 4.78 is 0. The molecule has 0 aromatic heterocycles. The summed E-state index contributed by atoms with van der Waals surface area (Å²) in [6.07, 6.45) is 0.805. The third-order valence-electron chi connectivity index (χ3n) is 1.49. The van der Waals surface area contributed by atoms with Crippen molar-refractivity contribution in [2.45, 2.75) is 6.42 Å². The van der Waals surface area contributed by atoms with Crippen LogP contribution in [0.3, 0.4) is 0 Å². The molecule has 0 spiro atoms. The van der Waals surface area contributed by atoms with Gasteiger partial charge in [-0.05, 0) is 12.1 Å². The lowest BCUT2D eigenvalue weighted by Gasteiger charge is -1.91. The molecule has 64 valence electrons. The third kappa shape index (κ3) is 2.93. The quantitative estimate of drug-likeness (QED) is 0.541. The average molecular weight is 234 g/mol. The molecule has 1 nitrogen and oxygen atoms in total. The molecule has 0 saturated heterocycles. The van der Waals surface area contributed by atoms with Gasteiger partial charge in [-0.2, -0.15) is 5.26 Å². The molecule has 0 fully saturated rings. The second kappa shape index (κ2) is 5.41. The van der Waals surface area contributed by atoms with E-state index in [1.807, 2.05) is 18.2 Å². The van der Waals surface area contributed by atoms with Crippen molar-refractivity contribution in [1.82, 2.24) is 0 Å². The Kier molecular flexibility index (Phi) is 4.09. The van der Waals surface area contributed by atoms with Crippen LogP contribution in [-0.4, -0.2) is 5.33 Å². The molecule has 0 amide bonds. The first-order valence-corrected chi connectivity index (χ1v) is 5.04. The van der Waals surface area contributed by atoms with Gasteiger partial charge in [0.05, 0.1) is 5.56 Å². The Hall–Kier alpha value is -1.25. The lowest BCUT2D eigenvalue weighted by molar-refractivity contribution is 1.32. The van der Waals surface area contributed by atoms with Crippen LogP contribution in [0.15, 0.2) is 24.3 Å². The van der Waals surface area contributed by atoms with Crippen molar-refractivity contribution in [1.29, 1.82) is 5.26 Å². The van der Waals surface area contributed by atoms with Crippen LogP contribution in [0.1, 0.15) is 17.5 Å². The van der Waals surface area contributed by atoms with Crippen LogP contribution in [0.25, 0.3) is 0 Å². The van der Waals surface area contributed by atoms with Crippen LogP contribution in [0.2, 0.25) is 0 Å². The summed E-state index contributed by atoms with van der Waals surface area (Å²) in [5.74, 6) is 5.94. The Morgan fingerprint density at radius 3 is 2.54 bits per heavy atom. The predicted octanol–water partition coefficient (Wildman–Crippen LogP) is 2.69. The molecule has 0 aliphatic carbocycles. The lowest BCUT2D eigenvalue weighted by atomic mass is 10.1. The maximum atomic E-state index is 8.75. The van der Waals surface area contributed by atoms with E-state index in [0.29, 0.717) is 5.56 Å². The van der Waals surface area contributed by atoms with E-state index >= 15 is 0 Å². The summed E-state index contributed by atoms with van der Waals surface area (Å²) in [7, 11) is 0. The Bertz CT molecular complexity index is 379. The highest BCUT2D eigenvalue weighted by Gasteiger charge is 1.94. The van der Waals surface area contributed by atoms with Crippen LogP contribution in [-0.2, 0) is 0 Å². The van der Waals surface area contributed by atoms with Gasteiger partial charge in [0.2, 0.25) is 0 Å². The van der Waals surface area contributed by atoms with Gasteiger partial charge < -0.3 is 0 Å². The van der Waals surface area contributed by atoms with Crippen LogP contribution < -0.4 is 0 Å². The van der Waals surface area contributed by atoms with Gasteiger partial charge in [0.1, 0.15) is 6.07 Å². The van der Waals surface area contributed by atoms with Gasteiger partial charge in [0, 0.05) is 17.3 Å². The number of rotatable bonds is 1. The minimum atomic E-state index is 0.643. The van der Waals surface area contributed by atoms with Crippen molar-refractivity contribution in [3.63, 3.8) is 0 Å². The van der Waals surface area contributed by atoms with Gasteiger partial charge in [-0.25, -0.2) is 0 Å². The molecule has 0 N–H and O–H groups in total. The topological polar surface area (TPSA) is 23.8 Å². The first-order valence-electron chi connectivity index (χ1n) is 3.92. The smallest absolute Gasteiger partial charge is 0.100 e. The number of hydrogen-bond acceptors (Lipinski definition) is 1. The first kappa shape index (κ1) is 9.84. The fourth-order valence-electron chi connectivity index (χ4n) is 0.895. The molecule has 1 rings (SSSR count). The number of halogens is 1. The van der Waals surface area contributed by atoms with Crippen molar-refractivity contribution >= 4 is 15.9 Å². The molecule has 1 aromatic carbocycles. The number of hydrogen-bond donors (Lipinski definition) is 0. The molecule has 1 aromatic rings. The van der Waals surface area contributed by atoms with E-state index in [4.69, 9.17) is 5.26 Å². The van der Waals surface area contributed by atoms with E-state index in [1.165, 1.54) is 0 Å². The van der Waals surface area contributed by atoms with E-state index in [2.05, 4.69) is 33.8 Å². The summed E-state index contributed by atoms with van der Waals surface area (Å²) in [4.78, 5) is 0. The fraction of sp³-hybridized carbons (Fsp3) is 0.182. The first-order chi connectivity index (χ1) is 6.38. The summed E-state index contributed by atoms with van der Waals surface area (Å²) in [6.45, 7) is 0. The second-order valence-electron chi connectivity index (χ2n) is 2.40.